The van der Waals surface area contributed by atoms with Crippen LogP contribution in [0, 0.1) is 5.92 Å². The van der Waals surface area contributed by atoms with Gasteiger partial charge in [0.05, 0.1) is 6.10 Å². The van der Waals surface area contributed by atoms with E-state index in [4.69, 9.17) is 0 Å². The number of pyridine rings is 1. The molecular weight excluding hydrogens is 224 g/mol. The standard InChI is InChI=1S/C15H24N2O/c1-12(18)14-9-6-10-16-15(14)17(2)11-13-7-4-3-5-8-13/h6,9-10,12-13,18H,3-5,7-8,11H2,1-2H3/t12-/m1/s1. The first kappa shape index (κ1) is 13.3. The van der Waals surface area contributed by atoms with Crippen LogP contribution in [0.4, 0.5) is 5.82 Å². The number of aliphatic hydroxyl groups excluding tert-OH is 1. The van der Waals surface area contributed by atoms with Gasteiger partial charge in [0, 0.05) is 25.4 Å². The maximum Gasteiger partial charge on any atom is 0.134 e. The molecule has 0 saturated heterocycles. The number of anilines is 1. The average Bonchev–Trinajstić information content (AvgIpc) is 2.40. The third kappa shape index (κ3) is 3.22. The molecule has 0 bridgehead atoms. The summed E-state index contributed by atoms with van der Waals surface area (Å²) in [7, 11) is 2.09. The minimum Gasteiger partial charge on any atom is -0.389 e. The quantitative estimate of drug-likeness (QED) is 0.889. The Morgan fingerprint density at radius 1 is 1.39 bits per heavy atom. The largest absolute Gasteiger partial charge is 0.389 e. The Morgan fingerprint density at radius 2 is 2.11 bits per heavy atom. The minimum atomic E-state index is -0.456. The monoisotopic (exact) mass is 248 g/mol. The first-order valence-electron chi connectivity index (χ1n) is 7.02. The van der Waals surface area contributed by atoms with Crippen molar-refractivity contribution in [2.45, 2.75) is 45.1 Å². The molecule has 3 nitrogen and oxygen atoms in total. The van der Waals surface area contributed by atoms with Gasteiger partial charge >= 0.3 is 0 Å². The number of hydrogen-bond acceptors (Lipinski definition) is 3. The van der Waals surface area contributed by atoms with E-state index in [9.17, 15) is 5.11 Å². The van der Waals surface area contributed by atoms with Gasteiger partial charge in [0.2, 0.25) is 0 Å². The van der Waals surface area contributed by atoms with Gasteiger partial charge in [0.15, 0.2) is 0 Å². The predicted molar refractivity (Wildman–Crippen MR) is 74.7 cm³/mol. The van der Waals surface area contributed by atoms with Crippen molar-refractivity contribution in [3.63, 3.8) is 0 Å². The number of rotatable bonds is 4. The summed E-state index contributed by atoms with van der Waals surface area (Å²) >= 11 is 0. The van der Waals surface area contributed by atoms with E-state index in [2.05, 4.69) is 16.9 Å². The molecule has 1 N–H and O–H groups in total. The van der Waals surface area contributed by atoms with Crippen LogP contribution in [0.25, 0.3) is 0 Å². The van der Waals surface area contributed by atoms with E-state index in [-0.39, 0.29) is 0 Å². The zero-order chi connectivity index (χ0) is 13.0. The molecule has 0 aliphatic heterocycles. The van der Waals surface area contributed by atoms with Gasteiger partial charge in [0.1, 0.15) is 5.82 Å². The van der Waals surface area contributed by atoms with Crippen LogP contribution >= 0.6 is 0 Å². The summed E-state index contributed by atoms with van der Waals surface area (Å²) in [6.07, 6.45) is 8.14. The highest BCUT2D eigenvalue weighted by Crippen LogP contribution is 2.28. The molecule has 0 aromatic carbocycles. The lowest BCUT2D eigenvalue weighted by atomic mass is 9.89. The van der Waals surface area contributed by atoms with Gasteiger partial charge in [-0.1, -0.05) is 25.3 Å². The number of hydrogen-bond donors (Lipinski definition) is 1. The second kappa shape index (κ2) is 6.19. The molecule has 3 heteroatoms. The number of aliphatic hydroxyl groups is 1. The lowest BCUT2D eigenvalue weighted by Crippen LogP contribution is -2.28. The summed E-state index contributed by atoms with van der Waals surface area (Å²) in [4.78, 5) is 6.64. The fourth-order valence-corrected chi connectivity index (χ4v) is 2.90. The van der Waals surface area contributed by atoms with Crippen molar-refractivity contribution >= 4 is 5.82 Å². The Labute approximate surface area is 110 Å². The molecular formula is C15H24N2O. The third-order valence-electron chi connectivity index (χ3n) is 3.89. The van der Waals surface area contributed by atoms with Crippen LogP contribution in [0.3, 0.4) is 0 Å². The van der Waals surface area contributed by atoms with Gasteiger partial charge in [-0.25, -0.2) is 4.98 Å². The summed E-state index contributed by atoms with van der Waals surface area (Å²) < 4.78 is 0. The van der Waals surface area contributed by atoms with Gasteiger partial charge in [-0.2, -0.15) is 0 Å². The highest BCUT2D eigenvalue weighted by molar-refractivity contribution is 5.47. The molecule has 18 heavy (non-hydrogen) atoms. The highest BCUT2D eigenvalue weighted by atomic mass is 16.3. The molecule has 100 valence electrons. The lowest BCUT2D eigenvalue weighted by molar-refractivity contribution is 0.199. The molecule has 0 radical (unpaired) electrons. The molecule has 1 fully saturated rings. The molecule has 1 atom stereocenters. The fourth-order valence-electron chi connectivity index (χ4n) is 2.90. The Kier molecular flexibility index (Phi) is 4.59. The van der Waals surface area contributed by atoms with E-state index in [0.29, 0.717) is 0 Å². The van der Waals surface area contributed by atoms with E-state index < -0.39 is 6.10 Å². The Bertz CT molecular complexity index is 373. The van der Waals surface area contributed by atoms with Crippen molar-refractivity contribution in [1.82, 2.24) is 4.98 Å². The van der Waals surface area contributed by atoms with Gasteiger partial charge in [-0.3, -0.25) is 0 Å². The van der Waals surface area contributed by atoms with E-state index in [1.807, 2.05) is 12.1 Å². The number of nitrogens with zero attached hydrogens (tertiary/aromatic N) is 2. The van der Waals surface area contributed by atoms with Crippen molar-refractivity contribution in [2.24, 2.45) is 5.92 Å². The van der Waals surface area contributed by atoms with Gasteiger partial charge in [0.25, 0.3) is 0 Å². The second-order valence-corrected chi connectivity index (χ2v) is 5.48. The van der Waals surface area contributed by atoms with Crippen molar-refractivity contribution in [3.8, 4) is 0 Å². The predicted octanol–water partition coefficient (Wildman–Crippen LogP) is 3.15. The molecule has 0 unspecified atom stereocenters. The molecule has 1 aliphatic carbocycles. The van der Waals surface area contributed by atoms with Crippen LogP contribution in [0.1, 0.15) is 50.7 Å². The Balaban J connectivity index is 2.05. The molecule has 0 amide bonds. The first-order chi connectivity index (χ1) is 8.68. The zero-order valence-electron chi connectivity index (χ0n) is 11.5. The van der Waals surface area contributed by atoms with Crippen LogP contribution < -0.4 is 4.90 Å². The van der Waals surface area contributed by atoms with Gasteiger partial charge in [-0.05, 0) is 31.7 Å². The molecule has 2 rings (SSSR count). The molecule has 1 aromatic rings. The lowest BCUT2D eigenvalue weighted by Gasteiger charge is -2.29. The van der Waals surface area contributed by atoms with Gasteiger partial charge < -0.3 is 10.0 Å². The van der Waals surface area contributed by atoms with Crippen LogP contribution in [-0.2, 0) is 0 Å². The highest BCUT2D eigenvalue weighted by Gasteiger charge is 2.18. The summed E-state index contributed by atoms with van der Waals surface area (Å²) in [6, 6.07) is 3.85. The maximum absolute atomic E-state index is 9.79. The van der Waals surface area contributed by atoms with Crippen molar-refractivity contribution < 1.29 is 5.11 Å². The SMILES string of the molecule is C[C@@H](O)c1cccnc1N(C)CC1CCCCC1. The Morgan fingerprint density at radius 3 is 2.78 bits per heavy atom. The molecule has 1 saturated carbocycles. The molecule has 1 heterocycles. The normalized spacial score (nSPS) is 18.6. The number of aromatic nitrogens is 1. The van der Waals surface area contributed by atoms with E-state index in [1.54, 1.807) is 13.1 Å². The maximum atomic E-state index is 9.79. The summed E-state index contributed by atoms with van der Waals surface area (Å²) in [6.45, 7) is 2.85. The zero-order valence-corrected chi connectivity index (χ0v) is 11.5. The third-order valence-corrected chi connectivity index (χ3v) is 3.89. The van der Waals surface area contributed by atoms with Crippen molar-refractivity contribution in [1.29, 1.82) is 0 Å². The van der Waals surface area contributed by atoms with Crippen LogP contribution in [0.15, 0.2) is 18.3 Å². The van der Waals surface area contributed by atoms with Crippen molar-refractivity contribution in [2.75, 3.05) is 18.5 Å². The fraction of sp³-hybridized carbons (Fsp3) is 0.667. The van der Waals surface area contributed by atoms with E-state index in [0.717, 1.165) is 23.8 Å². The summed E-state index contributed by atoms with van der Waals surface area (Å²) in [5, 5.41) is 9.79. The topological polar surface area (TPSA) is 36.4 Å². The average molecular weight is 248 g/mol. The van der Waals surface area contributed by atoms with E-state index >= 15 is 0 Å². The molecule has 1 aliphatic rings. The van der Waals surface area contributed by atoms with Crippen LogP contribution in [-0.4, -0.2) is 23.7 Å². The molecule has 0 spiro atoms. The smallest absolute Gasteiger partial charge is 0.134 e. The second-order valence-electron chi connectivity index (χ2n) is 5.48. The summed E-state index contributed by atoms with van der Waals surface area (Å²) in [5.74, 6) is 1.71. The van der Waals surface area contributed by atoms with Crippen molar-refractivity contribution in [3.05, 3.63) is 23.9 Å². The van der Waals surface area contributed by atoms with Crippen LogP contribution in [0.2, 0.25) is 0 Å². The van der Waals surface area contributed by atoms with Crippen LogP contribution in [0.5, 0.6) is 0 Å². The van der Waals surface area contributed by atoms with Gasteiger partial charge in [-0.15, -0.1) is 0 Å². The first-order valence-corrected chi connectivity index (χ1v) is 7.02. The minimum absolute atomic E-state index is 0.456. The molecule has 1 aromatic heterocycles. The van der Waals surface area contributed by atoms with E-state index in [1.165, 1.54) is 32.1 Å². The summed E-state index contributed by atoms with van der Waals surface area (Å²) in [5.41, 5.74) is 0.927. The Hall–Kier alpha value is -1.09.